The molecule has 0 aromatic heterocycles. The fourth-order valence-electron chi connectivity index (χ4n) is 1.14. The maximum absolute atomic E-state index is 12.0. The number of halogens is 3. The van der Waals surface area contributed by atoms with E-state index in [9.17, 15) is 28.1 Å². The molecule has 9 heteroatoms. The van der Waals surface area contributed by atoms with Crippen molar-refractivity contribution in [3.63, 3.8) is 0 Å². The Morgan fingerprint density at radius 2 is 1.89 bits per heavy atom. The fourth-order valence-corrected chi connectivity index (χ4v) is 1.14. The lowest BCUT2D eigenvalue weighted by Crippen LogP contribution is -2.40. The van der Waals surface area contributed by atoms with Crippen LogP contribution in [0.4, 0.5) is 18.9 Å². The molecule has 0 bridgehead atoms. The quantitative estimate of drug-likeness (QED) is 0.640. The third-order valence-corrected chi connectivity index (χ3v) is 2.17. The highest BCUT2D eigenvalue weighted by molar-refractivity contribution is 5.94. The Kier molecular flexibility index (Phi) is 4.43. The molecule has 0 aliphatic heterocycles. The number of aliphatic hydroxyl groups excluding tert-OH is 1. The number of nitrogens with one attached hydrogen (secondary N) is 1. The molecular formula is C10H9F3N2O4. The summed E-state index contributed by atoms with van der Waals surface area (Å²) in [5.74, 6) is -0.863. The molecule has 0 aliphatic rings. The second-order valence-electron chi connectivity index (χ2n) is 3.57. The minimum absolute atomic E-state index is 0.0417. The summed E-state index contributed by atoms with van der Waals surface area (Å²) in [6.45, 7) is -0.987. The van der Waals surface area contributed by atoms with Gasteiger partial charge in [-0.2, -0.15) is 13.2 Å². The van der Waals surface area contributed by atoms with Crippen molar-refractivity contribution < 1.29 is 28.0 Å². The number of alkyl halides is 3. The first-order valence-electron chi connectivity index (χ1n) is 4.99. The zero-order valence-electron chi connectivity index (χ0n) is 9.35. The highest BCUT2D eigenvalue weighted by atomic mass is 19.4. The highest BCUT2D eigenvalue weighted by Crippen LogP contribution is 2.19. The number of non-ortho nitro benzene ring substituents is 1. The van der Waals surface area contributed by atoms with E-state index in [1.807, 2.05) is 5.32 Å². The Bertz CT molecular complexity index is 473. The van der Waals surface area contributed by atoms with Crippen molar-refractivity contribution in [2.75, 3.05) is 6.54 Å². The Morgan fingerprint density at radius 1 is 1.37 bits per heavy atom. The van der Waals surface area contributed by atoms with Crippen LogP contribution in [0.25, 0.3) is 0 Å². The summed E-state index contributed by atoms with van der Waals surface area (Å²) in [4.78, 5) is 21.1. The Labute approximate surface area is 105 Å². The topological polar surface area (TPSA) is 92.5 Å². The van der Waals surface area contributed by atoms with Crippen molar-refractivity contribution in [3.05, 3.63) is 39.9 Å². The SMILES string of the molecule is O=C(NCC(O)C(F)(F)F)c1ccc([N+](=O)[O-])cc1. The number of carbonyl (C=O) groups is 1. The molecule has 1 amide bonds. The van der Waals surface area contributed by atoms with Crippen LogP contribution >= 0.6 is 0 Å². The monoisotopic (exact) mass is 278 g/mol. The minimum atomic E-state index is -4.82. The summed E-state index contributed by atoms with van der Waals surface area (Å²) >= 11 is 0. The van der Waals surface area contributed by atoms with Gasteiger partial charge in [-0.25, -0.2) is 0 Å². The van der Waals surface area contributed by atoms with Gasteiger partial charge in [0.15, 0.2) is 6.10 Å². The van der Waals surface area contributed by atoms with Crippen molar-refractivity contribution in [1.82, 2.24) is 5.32 Å². The first-order chi connectivity index (χ1) is 8.71. The molecule has 1 unspecified atom stereocenters. The third kappa shape index (κ3) is 4.21. The molecule has 1 aromatic rings. The van der Waals surface area contributed by atoms with Gasteiger partial charge in [-0.3, -0.25) is 14.9 Å². The minimum Gasteiger partial charge on any atom is -0.382 e. The smallest absolute Gasteiger partial charge is 0.382 e. The number of amides is 1. The number of carbonyl (C=O) groups excluding carboxylic acids is 1. The number of benzene rings is 1. The molecule has 6 nitrogen and oxygen atoms in total. The van der Waals surface area contributed by atoms with E-state index in [0.717, 1.165) is 24.3 Å². The molecule has 0 saturated carbocycles. The molecule has 19 heavy (non-hydrogen) atoms. The average Bonchev–Trinajstić information content (AvgIpc) is 2.34. The first-order valence-corrected chi connectivity index (χ1v) is 4.99. The van der Waals surface area contributed by atoms with Gasteiger partial charge in [0.05, 0.1) is 11.5 Å². The molecule has 0 fully saturated rings. The van der Waals surface area contributed by atoms with Crippen LogP contribution in [0.3, 0.4) is 0 Å². The van der Waals surface area contributed by atoms with E-state index in [0.29, 0.717) is 0 Å². The van der Waals surface area contributed by atoms with E-state index >= 15 is 0 Å². The largest absolute Gasteiger partial charge is 0.416 e. The Morgan fingerprint density at radius 3 is 2.32 bits per heavy atom. The molecule has 0 saturated heterocycles. The molecule has 0 spiro atoms. The fraction of sp³-hybridized carbons (Fsp3) is 0.300. The number of rotatable bonds is 4. The summed E-state index contributed by atoms with van der Waals surface area (Å²) in [6.07, 6.45) is -7.47. The lowest BCUT2D eigenvalue weighted by Gasteiger charge is -2.14. The average molecular weight is 278 g/mol. The number of hydrogen-bond donors (Lipinski definition) is 2. The van der Waals surface area contributed by atoms with E-state index in [-0.39, 0.29) is 11.3 Å². The normalized spacial score (nSPS) is 12.8. The summed E-state index contributed by atoms with van der Waals surface area (Å²) in [5.41, 5.74) is -0.285. The number of nitro groups is 1. The van der Waals surface area contributed by atoms with Crippen LogP contribution in [0.1, 0.15) is 10.4 Å². The maximum atomic E-state index is 12.0. The van der Waals surface area contributed by atoms with Crippen LogP contribution in [0, 0.1) is 10.1 Å². The molecular weight excluding hydrogens is 269 g/mol. The van der Waals surface area contributed by atoms with Crippen molar-refractivity contribution in [2.24, 2.45) is 0 Å². The second-order valence-corrected chi connectivity index (χ2v) is 3.57. The molecule has 0 heterocycles. The van der Waals surface area contributed by atoms with E-state index in [1.54, 1.807) is 0 Å². The third-order valence-electron chi connectivity index (χ3n) is 2.17. The number of nitrogens with zero attached hydrogens (tertiary/aromatic N) is 1. The lowest BCUT2D eigenvalue weighted by molar-refractivity contribution is -0.384. The Balaban J connectivity index is 2.61. The summed E-state index contributed by atoms with van der Waals surface area (Å²) in [5, 5.41) is 20.9. The van der Waals surface area contributed by atoms with Gasteiger partial charge in [-0.1, -0.05) is 0 Å². The predicted molar refractivity (Wildman–Crippen MR) is 57.5 cm³/mol. The predicted octanol–water partition coefficient (Wildman–Crippen LogP) is 1.25. The van der Waals surface area contributed by atoms with Gasteiger partial charge in [0.25, 0.3) is 11.6 Å². The number of aliphatic hydroxyl groups is 1. The van der Waals surface area contributed by atoms with Crippen molar-refractivity contribution >= 4 is 11.6 Å². The van der Waals surface area contributed by atoms with Crippen LogP contribution in [0.5, 0.6) is 0 Å². The summed E-state index contributed by atoms with van der Waals surface area (Å²) in [7, 11) is 0. The van der Waals surface area contributed by atoms with Gasteiger partial charge < -0.3 is 10.4 Å². The zero-order valence-corrected chi connectivity index (χ0v) is 9.35. The Hall–Kier alpha value is -2.16. The molecule has 0 radical (unpaired) electrons. The van der Waals surface area contributed by atoms with Crippen molar-refractivity contribution in [1.29, 1.82) is 0 Å². The van der Waals surface area contributed by atoms with E-state index in [2.05, 4.69) is 0 Å². The lowest BCUT2D eigenvalue weighted by atomic mass is 10.2. The first kappa shape index (κ1) is 14.9. The van der Waals surface area contributed by atoms with Gasteiger partial charge in [-0.15, -0.1) is 0 Å². The van der Waals surface area contributed by atoms with Crippen molar-refractivity contribution in [3.8, 4) is 0 Å². The van der Waals surface area contributed by atoms with E-state index in [1.165, 1.54) is 0 Å². The molecule has 2 N–H and O–H groups in total. The van der Waals surface area contributed by atoms with Crippen LogP contribution in [0.15, 0.2) is 24.3 Å². The van der Waals surface area contributed by atoms with Gasteiger partial charge in [0.1, 0.15) is 0 Å². The standard InChI is InChI=1S/C10H9F3N2O4/c11-10(12,13)8(16)5-14-9(17)6-1-3-7(4-2-6)15(18)19/h1-4,8,16H,5H2,(H,14,17). The summed E-state index contributed by atoms with van der Waals surface area (Å²) in [6, 6.07) is 4.31. The highest BCUT2D eigenvalue weighted by Gasteiger charge is 2.38. The van der Waals surface area contributed by atoms with E-state index in [4.69, 9.17) is 5.11 Å². The second kappa shape index (κ2) is 5.65. The van der Waals surface area contributed by atoms with E-state index < -0.39 is 29.7 Å². The van der Waals surface area contributed by atoms with Crippen LogP contribution in [-0.4, -0.2) is 34.8 Å². The molecule has 104 valence electrons. The van der Waals surface area contributed by atoms with Crippen LogP contribution in [-0.2, 0) is 0 Å². The van der Waals surface area contributed by atoms with Gasteiger partial charge in [0, 0.05) is 17.7 Å². The van der Waals surface area contributed by atoms with Crippen molar-refractivity contribution in [2.45, 2.75) is 12.3 Å². The molecule has 0 aliphatic carbocycles. The number of nitro benzene ring substituents is 1. The maximum Gasteiger partial charge on any atom is 0.416 e. The van der Waals surface area contributed by atoms with Gasteiger partial charge in [-0.05, 0) is 12.1 Å². The van der Waals surface area contributed by atoms with Gasteiger partial charge in [0.2, 0.25) is 0 Å². The van der Waals surface area contributed by atoms with Gasteiger partial charge >= 0.3 is 6.18 Å². The number of hydrogen-bond acceptors (Lipinski definition) is 4. The molecule has 1 aromatic carbocycles. The molecule has 1 atom stereocenters. The summed E-state index contributed by atoms with van der Waals surface area (Å²) < 4.78 is 35.9. The zero-order chi connectivity index (χ0) is 14.6. The van der Waals surface area contributed by atoms with Crippen LogP contribution in [0.2, 0.25) is 0 Å². The van der Waals surface area contributed by atoms with Crippen LogP contribution < -0.4 is 5.32 Å². The molecule has 1 rings (SSSR count).